The first-order chi connectivity index (χ1) is 9.77. The second-order valence-electron chi connectivity index (χ2n) is 4.75. The molecule has 4 heteroatoms. The SMILES string of the molecule is CCCNC(c1ccccc1OCC)c1nccn1C. The van der Waals surface area contributed by atoms with Crippen molar-refractivity contribution >= 4 is 0 Å². The van der Waals surface area contributed by atoms with Gasteiger partial charge in [0.25, 0.3) is 0 Å². The highest BCUT2D eigenvalue weighted by atomic mass is 16.5. The van der Waals surface area contributed by atoms with Crippen LogP contribution in [0.15, 0.2) is 36.7 Å². The molecule has 0 radical (unpaired) electrons. The molecule has 1 unspecified atom stereocenters. The standard InChI is InChI=1S/C16H23N3O/c1-4-10-17-15(16-18-11-12-19(16)3)13-8-6-7-9-14(13)20-5-2/h6-9,11-12,15,17H,4-5,10H2,1-3H3. The first-order valence-corrected chi connectivity index (χ1v) is 7.20. The number of aromatic nitrogens is 2. The van der Waals surface area contributed by atoms with Crippen LogP contribution in [0.1, 0.15) is 37.7 Å². The first-order valence-electron chi connectivity index (χ1n) is 7.20. The summed E-state index contributed by atoms with van der Waals surface area (Å²) in [6.45, 7) is 5.78. The second kappa shape index (κ2) is 7.10. The number of nitrogens with zero attached hydrogens (tertiary/aromatic N) is 2. The van der Waals surface area contributed by atoms with Gasteiger partial charge >= 0.3 is 0 Å². The third kappa shape index (κ3) is 3.20. The van der Waals surface area contributed by atoms with E-state index < -0.39 is 0 Å². The number of para-hydroxylation sites is 1. The molecule has 108 valence electrons. The summed E-state index contributed by atoms with van der Waals surface area (Å²) in [6, 6.07) is 8.22. The molecule has 0 saturated heterocycles. The van der Waals surface area contributed by atoms with Crippen molar-refractivity contribution in [1.82, 2.24) is 14.9 Å². The number of aryl methyl sites for hydroxylation is 1. The van der Waals surface area contributed by atoms with Crippen molar-refractivity contribution in [3.05, 3.63) is 48.0 Å². The molecule has 2 aromatic rings. The Morgan fingerprint density at radius 3 is 2.75 bits per heavy atom. The normalized spacial score (nSPS) is 12.3. The summed E-state index contributed by atoms with van der Waals surface area (Å²) >= 11 is 0. The van der Waals surface area contributed by atoms with Crippen molar-refractivity contribution in [2.45, 2.75) is 26.3 Å². The van der Waals surface area contributed by atoms with Crippen LogP contribution in [0.2, 0.25) is 0 Å². The van der Waals surface area contributed by atoms with Crippen LogP contribution in [0, 0.1) is 0 Å². The molecule has 1 aromatic heterocycles. The maximum atomic E-state index is 5.76. The fourth-order valence-corrected chi connectivity index (χ4v) is 2.29. The Hall–Kier alpha value is -1.81. The quantitative estimate of drug-likeness (QED) is 0.843. The van der Waals surface area contributed by atoms with Crippen LogP contribution in [0.5, 0.6) is 5.75 Å². The van der Waals surface area contributed by atoms with Crippen molar-refractivity contribution in [1.29, 1.82) is 0 Å². The number of hydrogen-bond donors (Lipinski definition) is 1. The summed E-state index contributed by atoms with van der Waals surface area (Å²) in [7, 11) is 2.02. The van der Waals surface area contributed by atoms with Crippen molar-refractivity contribution in [3.8, 4) is 5.75 Å². The van der Waals surface area contributed by atoms with E-state index in [0.717, 1.165) is 30.1 Å². The molecule has 0 spiro atoms. The van der Waals surface area contributed by atoms with Gasteiger partial charge in [0.1, 0.15) is 11.6 Å². The molecular formula is C16H23N3O. The molecular weight excluding hydrogens is 250 g/mol. The maximum Gasteiger partial charge on any atom is 0.130 e. The van der Waals surface area contributed by atoms with Crippen molar-refractivity contribution < 1.29 is 4.74 Å². The van der Waals surface area contributed by atoms with E-state index in [9.17, 15) is 0 Å². The van der Waals surface area contributed by atoms with Crippen LogP contribution in [-0.2, 0) is 7.05 Å². The highest BCUT2D eigenvalue weighted by Gasteiger charge is 2.20. The van der Waals surface area contributed by atoms with Crippen LogP contribution in [0.3, 0.4) is 0 Å². The Balaban J connectivity index is 2.38. The van der Waals surface area contributed by atoms with E-state index >= 15 is 0 Å². The lowest BCUT2D eigenvalue weighted by Gasteiger charge is -2.21. The van der Waals surface area contributed by atoms with Crippen LogP contribution >= 0.6 is 0 Å². The van der Waals surface area contributed by atoms with E-state index in [0.29, 0.717) is 6.61 Å². The van der Waals surface area contributed by atoms with Gasteiger partial charge in [-0.1, -0.05) is 25.1 Å². The third-order valence-corrected chi connectivity index (χ3v) is 3.24. The number of imidazole rings is 1. The molecule has 1 heterocycles. The summed E-state index contributed by atoms with van der Waals surface area (Å²) in [5.74, 6) is 1.93. The predicted octanol–water partition coefficient (Wildman–Crippen LogP) is 2.91. The fourth-order valence-electron chi connectivity index (χ4n) is 2.29. The average molecular weight is 273 g/mol. The van der Waals surface area contributed by atoms with Crippen molar-refractivity contribution in [2.75, 3.05) is 13.2 Å². The largest absolute Gasteiger partial charge is 0.494 e. The Kier molecular flexibility index (Phi) is 5.18. The Morgan fingerprint density at radius 2 is 2.10 bits per heavy atom. The van der Waals surface area contributed by atoms with Gasteiger partial charge in [-0.2, -0.15) is 0 Å². The van der Waals surface area contributed by atoms with Crippen LogP contribution in [0.25, 0.3) is 0 Å². The second-order valence-corrected chi connectivity index (χ2v) is 4.75. The third-order valence-electron chi connectivity index (χ3n) is 3.24. The highest BCUT2D eigenvalue weighted by Crippen LogP contribution is 2.29. The minimum absolute atomic E-state index is 0.0534. The smallest absolute Gasteiger partial charge is 0.130 e. The topological polar surface area (TPSA) is 39.1 Å². The molecule has 1 N–H and O–H groups in total. The molecule has 4 nitrogen and oxygen atoms in total. The number of rotatable bonds is 7. The molecule has 1 aromatic carbocycles. The molecule has 0 bridgehead atoms. The van der Waals surface area contributed by atoms with E-state index in [1.54, 1.807) is 0 Å². The molecule has 0 fully saturated rings. The number of hydrogen-bond acceptors (Lipinski definition) is 3. The monoisotopic (exact) mass is 273 g/mol. The molecule has 0 aliphatic rings. The minimum Gasteiger partial charge on any atom is -0.494 e. The van der Waals surface area contributed by atoms with Gasteiger partial charge in [-0.25, -0.2) is 4.98 Å². The summed E-state index contributed by atoms with van der Waals surface area (Å²) in [6.07, 6.45) is 4.89. The van der Waals surface area contributed by atoms with E-state index in [4.69, 9.17) is 4.74 Å². The van der Waals surface area contributed by atoms with Gasteiger partial charge in [-0.05, 0) is 26.0 Å². The lowest BCUT2D eigenvalue weighted by Crippen LogP contribution is -2.26. The van der Waals surface area contributed by atoms with Gasteiger partial charge < -0.3 is 14.6 Å². The molecule has 1 atom stereocenters. The highest BCUT2D eigenvalue weighted by molar-refractivity contribution is 5.39. The van der Waals surface area contributed by atoms with Gasteiger partial charge in [-0.3, -0.25) is 0 Å². The molecule has 2 rings (SSSR count). The van der Waals surface area contributed by atoms with Gasteiger partial charge in [0.05, 0.1) is 12.6 Å². The minimum atomic E-state index is 0.0534. The molecule has 0 aliphatic heterocycles. The molecule has 0 aliphatic carbocycles. The predicted molar refractivity (Wildman–Crippen MR) is 81.0 cm³/mol. The summed E-state index contributed by atoms with van der Waals surface area (Å²) in [5, 5.41) is 3.56. The Bertz CT molecular complexity index is 536. The van der Waals surface area contributed by atoms with Gasteiger partial charge in [-0.15, -0.1) is 0 Å². The van der Waals surface area contributed by atoms with Crippen molar-refractivity contribution in [3.63, 3.8) is 0 Å². The van der Waals surface area contributed by atoms with Crippen LogP contribution < -0.4 is 10.1 Å². The zero-order valence-corrected chi connectivity index (χ0v) is 12.5. The summed E-state index contributed by atoms with van der Waals surface area (Å²) < 4.78 is 7.81. The van der Waals surface area contributed by atoms with Crippen LogP contribution in [-0.4, -0.2) is 22.7 Å². The number of ether oxygens (including phenoxy) is 1. The van der Waals surface area contributed by atoms with Gasteiger partial charge in [0.2, 0.25) is 0 Å². The van der Waals surface area contributed by atoms with E-state index in [1.807, 2.05) is 44.6 Å². The van der Waals surface area contributed by atoms with Gasteiger partial charge in [0.15, 0.2) is 0 Å². The summed E-state index contributed by atoms with van der Waals surface area (Å²) in [5.41, 5.74) is 1.14. The number of benzene rings is 1. The molecule has 20 heavy (non-hydrogen) atoms. The van der Waals surface area contributed by atoms with Crippen LogP contribution in [0.4, 0.5) is 0 Å². The Morgan fingerprint density at radius 1 is 1.30 bits per heavy atom. The zero-order chi connectivity index (χ0) is 14.4. The lowest BCUT2D eigenvalue weighted by molar-refractivity contribution is 0.332. The van der Waals surface area contributed by atoms with E-state index in [1.165, 1.54) is 0 Å². The van der Waals surface area contributed by atoms with E-state index in [-0.39, 0.29) is 6.04 Å². The van der Waals surface area contributed by atoms with Gasteiger partial charge in [0, 0.05) is 25.0 Å². The summed E-state index contributed by atoms with van der Waals surface area (Å²) in [4.78, 5) is 4.49. The van der Waals surface area contributed by atoms with Crippen molar-refractivity contribution in [2.24, 2.45) is 7.05 Å². The maximum absolute atomic E-state index is 5.76. The number of nitrogens with one attached hydrogen (secondary N) is 1. The average Bonchev–Trinajstić information content (AvgIpc) is 2.88. The zero-order valence-electron chi connectivity index (χ0n) is 12.5. The first kappa shape index (κ1) is 14.6. The Labute approximate surface area is 120 Å². The molecule has 0 amide bonds. The fraction of sp³-hybridized carbons (Fsp3) is 0.438. The lowest BCUT2D eigenvalue weighted by atomic mass is 10.0. The molecule has 0 saturated carbocycles. The van der Waals surface area contributed by atoms with E-state index in [2.05, 4.69) is 27.9 Å².